The molecule has 0 spiro atoms. The molecule has 0 saturated heterocycles. The van der Waals surface area contributed by atoms with Crippen LogP contribution in [0.2, 0.25) is 0 Å². The molecular weight excluding hydrogens is 260 g/mol. The van der Waals surface area contributed by atoms with E-state index in [0.717, 1.165) is 0 Å². The van der Waals surface area contributed by atoms with E-state index in [1.165, 1.54) is 12.1 Å². The van der Waals surface area contributed by atoms with E-state index in [2.05, 4.69) is 5.32 Å². The molecule has 2 unspecified atom stereocenters. The summed E-state index contributed by atoms with van der Waals surface area (Å²) in [6, 6.07) is 6.10. The largest absolute Gasteiger partial charge is 0.396 e. The highest BCUT2D eigenvalue weighted by atomic mass is 16.6. The third-order valence-electron chi connectivity index (χ3n) is 3.22. The monoisotopic (exact) mass is 280 g/mol. The van der Waals surface area contributed by atoms with Gasteiger partial charge in [-0.1, -0.05) is 19.1 Å². The normalized spacial score (nSPS) is 13.6. The Morgan fingerprint density at radius 2 is 2.15 bits per heavy atom. The second-order valence-electron chi connectivity index (χ2n) is 4.94. The number of carbonyl (C=O) groups is 1. The topological polar surface area (TPSA) is 92.5 Å². The fraction of sp³-hybridized carbons (Fsp3) is 0.500. The Morgan fingerprint density at radius 1 is 1.45 bits per heavy atom. The number of nitro groups is 1. The number of non-ortho nitro benzene ring substituents is 1. The number of nitrogens with zero attached hydrogens (tertiary/aromatic N) is 1. The fourth-order valence-electron chi connectivity index (χ4n) is 1.81. The fourth-order valence-corrected chi connectivity index (χ4v) is 1.81. The van der Waals surface area contributed by atoms with E-state index in [1.807, 2.05) is 6.92 Å². The van der Waals surface area contributed by atoms with Crippen LogP contribution in [0.15, 0.2) is 24.3 Å². The van der Waals surface area contributed by atoms with Crippen molar-refractivity contribution in [2.75, 3.05) is 13.2 Å². The highest BCUT2D eigenvalue weighted by molar-refractivity contribution is 5.83. The van der Waals surface area contributed by atoms with Gasteiger partial charge in [0.05, 0.1) is 10.8 Å². The molecular formula is C14H20N2O4. The van der Waals surface area contributed by atoms with E-state index < -0.39 is 10.8 Å². The van der Waals surface area contributed by atoms with Crippen LogP contribution in [0.4, 0.5) is 5.69 Å². The second-order valence-corrected chi connectivity index (χ2v) is 4.94. The molecule has 0 aliphatic heterocycles. The molecule has 20 heavy (non-hydrogen) atoms. The van der Waals surface area contributed by atoms with Crippen LogP contribution >= 0.6 is 0 Å². The number of amides is 1. The minimum absolute atomic E-state index is 0.0178. The lowest BCUT2D eigenvalue weighted by molar-refractivity contribution is -0.384. The molecule has 0 saturated carbocycles. The zero-order chi connectivity index (χ0) is 15.1. The first-order valence-electron chi connectivity index (χ1n) is 6.58. The van der Waals surface area contributed by atoms with E-state index in [0.29, 0.717) is 18.5 Å². The van der Waals surface area contributed by atoms with Gasteiger partial charge in [-0.15, -0.1) is 0 Å². The zero-order valence-electron chi connectivity index (χ0n) is 11.7. The molecule has 0 fully saturated rings. The van der Waals surface area contributed by atoms with Crippen molar-refractivity contribution in [1.82, 2.24) is 5.32 Å². The Bertz CT molecular complexity index is 476. The van der Waals surface area contributed by atoms with E-state index in [-0.39, 0.29) is 24.1 Å². The van der Waals surface area contributed by atoms with Gasteiger partial charge in [0.25, 0.3) is 5.69 Å². The van der Waals surface area contributed by atoms with Crippen molar-refractivity contribution in [3.05, 3.63) is 39.9 Å². The van der Waals surface area contributed by atoms with Gasteiger partial charge in [-0.25, -0.2) is 0 Å². The highest BCUT2D eigenvalue weighted by Gasteiger charge is 2.18. The summed E-state index contributed by atoms with van der Waals surface area (Å²) in [6.45, 7) is 4.23. The number of nitrogens with one attached hydrogen (secondary N) is 1. The molecule has 0 aliphatic carbocycles. The molecule has 0 radical (unpaired) electrons. The first-order valence-corrected chi connectivity index (χ1v) is 6.58. The Kier molecular flexibility index (Phi) is 6.11. The maximum Gasteiger partial charge on any atom is 0.269 e. The summed E-state index contributed by atoms with van der Waals surface area (Å²) in [5.41, 5.74) is 0.599. The van der Waals surface area contributed by atoms with Crippen molar-refractivity contribution >= 4 is 11.6 Å². The quantitative estimate of drug-likeness (QED) is 0.588. The van der Waals surface area contributed by atoms with Crippen LogP contribution in [0, 0.1) is 16.0 Å². The summed E-state index contributed by atoms with van der Waals surface area (Å²) in [7, 11) is 0. The Balaban J connectivity index is 2.64. The van der Waals surface area contributed by atoms with Crippen LogP contribution in [-0.2, 0) is 4.79 Å². The first-order chi connectivity index (χ1) is 9.45. The molecule has 6 heteroatoms. The van der Waals surface area contributed by atoms with Crippen molar-refractivity contribution in [3.8, 4) is 0 Å². The zero-order valence-corrected chi connectivity index (χ0v) is 11.7. The van der Waals surface area contributed by atoms with Gasteiger partial charge in [-0.05, 0) is 24.8 Å². The van der Waals surface area contributed by atoms with E-state index >= 15 is 0 Å². The average Bonchev–Trinajstić information content (AvgIpc) is 2.44. The van der Waals surface area contributed by atoms with E-state index in [4.69, 9.17) is 5.11 Å². The standard InChI is InChI=1S/C14H20N2O4/c1-10(6-7-17)9-15-14(18)11(2)12-4-3-5-13(8-12)16(19)20/h3-5,8,10-11,17H,6-7,9H2,1-2H3,(H,15,18). The lowest BCUT2D eigenvalue weighted by Crippen LogP contribution is -2.32. The van der Waals surface area contributed by atoms with Crippen LogP contribution in [0.25, 0.3) is 0 Å². The number of benzene rings is 1. The molecule has 6 nitrogen and oxygen atoms in total. The van der Waals surface area contributed by atoms with Gasteiger partial charge >= 0.3 is 0 Å². The predicted octanol–water partition coefficient (Wildman–Crippen LogP) is 1.83. The maximum absolute atomic E-state index is 12.0. The Labute approximate surface area is 118 Å². The number of hydrogen-bond acceptors (Lipinski definition) is 4. The number of carbonyl (C=O) groups excluding carboxylic acids is 1. The minimum Gasteiger partial charge on any atom is -0.396 e. The summed E-state index contributed by atoms with van der Waals surface area (Å²) >= 11 is 0. The van der Waals surface area contributed by atoms with Gasteiger partial charge in [0.2, 0.25) is 5.91 Å². The second kappa shape index (κ2) is 7.59. The van der Waals surface area contributed by atoms with Gasteiger partial charge in [0.1, 0.15) is 0 Å². The van der Waals surface area contributed by atoms with E-state index in [1.54, 1.807) is 19.1 Å². The maximum atomic E-state index is 12.0. The lowest BCUT2D eigenvalue weighted by Gasteiger charge is -2.15. The molecule has 0 bridgehead atoms. The smallest absolute Gasteiger partial charge is 0.269 e. The minimum atomic E-state index is -0.475. The van der Waals surface area contributed by atoms with Gasteiger partial charge in [-0.2, -0.15) is 0 Å². The summed E-state index contributed by atoms with van der Waals surface area (Å²) in [5, 5.41) is 22.3. The molecule has 0 aromatic heterocycles. The molecule has 110 valence electrons. The van der Waals surface area contributed by atoms with Crippen molar-refractivity contribution in [2.24, 2.45) is 5.92 Å². The SMILES string of the molecule is CC(CCO)CNC(=O)C(C)c1cccc([N+](=O)[O-])c1. The summed E-state index contributed by atoms with van der Waals surface area (Å²) in [4.78, 5) is 22.2. The first kappa shape index (κ1) is 16.1. The Morgan fingerprint density at radius 3 is 2.75 bits per heavy atom. The van der Waals surface area contributed by atoms with Crippen LogP contribution in [0.5, 0.6) is 0 Å². The molecule has 1 aromatic rings. The average molecular weight is 280 g/mol. The van der Waals surface area contributed by atoms with Gasteiger partial charge in [0.15, 0.2) is 0 Å². The van der Waals surface area contributed by atoms with Gasteiger partial charge in [0, 0.05) is 25.3 Å². The van der Waals surface area contributed by atoms with Crippen molar-refractivity contribution < 1.29 is 14.8 Å². The number of hydrogen-bond donors (Lipinski definition) is 2. The number of nitro benzene ring substituents is 1. The molecule has 0 heterocycles. The van der Waals surface area contributed by atoms with Crippen molar-refractivity contribution in [3.63, 3.8) is 0 Å². The summed E-state index contributed by atoms with van der Waals surface area (Å²) < 4.78 is 0. The van der Waals surface area contributed by atoms with Gasteiger partial charge < -0.3 is 10.4 Å². The number of rotatable bonds is 7. The summed E-state index contributed by atoms with van der Waals surface area (Å²) in [5.74, 6) is -0.423. The molecule has 1 amide bonds. The van der Waals surface area contributed by atoms with Crippen LogP contribution in [0.3, 0.4) is 0 Å². The molecule has 1 aromatic carbocycles. The Hall–Kier alpha value is -1.95. The molecule has 1 rings (SSSR count). The van der Waals surface area contributed by atoms with E-state index in [9.17, 15) is 14.9 Å². The lowest BCUT2D eigenvalue weighted by atomic mass is 9.99. The van der Waals surface area contributed by atoms with Gasteiger partial charge in [-0.3, -0.25) is 14.9 Å². The highest BCUT2D eigenvalue weighted by Crippen LogP contribution is 2.20. The van der Waals surface area contributed by atoms with Crippen LogP contribution in [0.1, 0.15) is 31.7 Å². The van der Waals surface area contributed by atoms with Crippen molar-refractivity contribution in [2.45, 2.75) is 26.2 Å². The number of aliphatic hydroxyl groups excluding tert-OH is 1. The van der Waals surface area contributed by atoms with Crippen LogP contribution in [-0.4, -0.2) is 29.1 Å². The molecule has 0 aliphatic rings. The predicted molar refractivity (Wildman–Crippen MR) is 75.4 cm³/mol. The third kappa shape index (κ3) is 4.62. The van der Waals surface area contributed by atoms with Crippen molar-refractivity contribution in [1.29, 1.82) is 0 Å². The molecule has 2 atom stereocenters. The van der Waals surface area contributed by atoms with Crippen LogP contribution < -0.4 is 5.32 Å². The summed E-state index contributed by atoms with van der Waals surface area (Å²) in [6.07, 6.45) is 0.630. The number of aliphatic hydroxyl groups is 1. The molecule has 2 N–H and O–H groups in total. The third-order valence-corrected chi connectivity index (χ3v) is 3.22.